The Morgan fingerprint density at radius 1 is 0.191 bits per heavy atom. The van der Waals surface area contributed by atoms with Crippen LogP contribution < -0.4 is 62.2 Å². The van der Waals surface area contributed by atoms with Gasteiger partial charge in [-0.2, -0.15) is 0 Å². The van der Waals surface area contributed by atoms with Crippen molar-refractivity contribution in [3.05, 3.63) is 481 Å². The monoisotopic (exact) mass is 1510 g/mol. The zero-order chi connectivity index (χ0) is 73.2. The maximum Gasteiger partial charge on any atom is 0.179 e. The summed E-state index contributed by atoms with van der Waals surface area (Å²) in [5, 5.41) is 21.8. The van der Waals surface area contributed by atoms with Crippen LogP contribution in [0.2, 0.25) is 0 Å². The first-order chi connectivity index (χ1) is 54.5. The number of para-hydroxylation sites is 2. The van der Waals surface area contributed by atoms with Gasteiger partial charge >= 0.3 is 0 Å². The molecule has 0 atom stereocenters. The Morgan fingerprint density at radius 2 is 0.445 bits per heavy atom. The van der Waals surface area contributed by atoms with Crippen molar-refractivity contribution in [2.45, 2.75) is 11.8 Å². The first-order valence-electron chi connectivity index (χ1n) is 38.2. The molecule has 520 valence electrons. The van der Waals surface area contributed by atoms with Gasteiger partial charge in [0, 0.05) is 49.2 Å². The highest BCUT2D eigenvalue weighted by atomic mass is 79.9. The van der Waals surface area contributed by atoms with Gasteiger partial charge in [-0.25, -0.2) is 0 Å². The average molecular weight is 1520 g/mol. The molecule has 0 N–H and O–H groups in total. The molecule has 17 aromatic carbocycles. The number of hydrogen-bond donors (Lipinski definition) is 0. The molecule has 3 aliphatic rings. The standard InChI is InChI=1S/C80H56N2Si2.C24H19BrSi/c1-7-29-57(30-8-1)83(58-31-9-2-10-32-58,59-33-11-3-12-34-59)63-41-25-27-55(53-63)81-71-47-23-21-45-67(71)76-73(81)51-49-69-75-65-43-19-20-44-66(65)78(79(69)76)80-70(75)50-52-74-77(80)68-46-22-24-48-72(68)82(74)56-28-26-42-64(54-56)84(60-35-13-4-14-36-60,61-37-15-5-16-38-61)62-39-17-6-18-40-62;25-20-11-10-18-24(19-20)26(21-12-4-1-5-13-21,22-14-6-2-7-15-22)23-16-8-3-9-17-23/h1-54,75,78H;1-19H. The average Bonchev–Trinajstić information content (AvgIpc) is 1.38. The van der Waals surface area contributed by atoms with Crippen molar-refractivity contribution in [3.63, 3.8) is 0 Å². The van der Waals surface area contributed by atoms with E-state index in [-0.39, 0.29) is 11.8 Å². The summed E-state index contributed by atoms with van der Waals surface area (Å²) in [5.74, 6) is 0.0627. The zero-order valence-electron chi connectivity index (χ0n) is 60.6. The van der Waals surface area contributed by atoms with Crippen LogP contribution in [0.4, 0.5) is 0 Å². The molecule has 110 heavy (non-hydrogen) atoms. The second kappa shape index (κ2) is 27.9. The van der Waals surface area contributed by atoms with Gasteiger partial charge in [0.2, 0.25) is 0 Å². The van der Waals surface area contributed by atoms with E-state index in [1.54, 1.807) is 0 Å². The molecule has 0 unspecified atom stereocenters. The minimum absolute atomic E-state index is 0.0108. The normalized spacial score (nSPS) is 13.7. The minimum Gasteiger partial charge on any atom is -0.309 e. The lowest BCUT2D eigenvalue weighted by molar-refractivity contribution is 0.768. The molecule has 2 aromatic heterocycles. The van der Waals surface area contributed by atoms with Gasteiger partial charge < -0.3 is 9.13 Å². The summed E-state index contributed by atoms with van der Waals surface area (Å²) in [6, 6.07) is 166. The van der Waals surface area contributed by atoms with Crippen molar-refractivity contribution in [2.24, 2.45) is 0 Å². The molecule has 6 heteroatoms. The second-order valence-corrected chi connectivity index (χ2v) is 41.6. The van der Waals surface area contributed by atoms with E-state index in [4.69, 9.17) is 0 Å². The molecule has 0 aliphatic heterocycles. The summed E-state index contributed by atoms with van der Waals surface area (Å²) in [6.07, 6.45) is 0. The van der Waals surface area contributed by atoms with Crippen LogP contribution in [0.3, 0.4) is 0 Å². The van der Waals surface area contributed by atoms with Gasteiger partial charge in [-0.3, -0.25) is 0 Å². The molecule has 0 amide bonds. The van der Waals surface area contributed by atoms with Crippen LogP contribution in [-0.4, -0.2) is 33.4 Å². The van der Waals surface area contributed by atoms with Crippen LogP contribution in [0, 0.1) is 0 Å². The molecule has 0 radical (unpaired) electrons. The van der Waals surface area contributed by atoms with Crippen molar-refractivity contribution in [1.82, 2.24) is 9.13 Å². The molecule has 3 aliphatic carbocycles. The quantitative estimate of drug-likeness (QED) is 0.0759. The van der Waals surface area contributed by atoms with Gasteiger partial charge in [0.25, 0.3) is 0 Å². The highest BCUT2D eigenvalue weighted by Crippen LogP contribution is 2.60. The third-order valence-electron chi connectivity index (χ3n) is 23.8. The lowest BCUT2D eigenvalue weighted by atomic mass is 9.59. The smallest absolute Gasteiger partial charge is 0.179 e. The second-order valence-electron chi connectivity index (χ2n) is 29.3. The van der Waals surface area contributed by atoms with Crippen LogP contribution in [0.25, 0.3) is 55.0 Å². The molecule has 2 heterocycles. The summed E-state index contributed by atoms with van der Waals surface area (Å²) in [7, 11) is -8.04. The van der Waals surface area contributed by atoms with Gasteiger partial charge in [-0.05, 0) is 156 Å². The Labute approximate surface area is 654 Å². The summed E-state index contributed by atoms with van der Waals surface area (Å²) in [4.78, 5) is 0. The van der Waals surface area contributed by atoms with Gasteiger partial charge in [0.15, 0.2) is 24.2 Å². The first kappa shape index (κ1) is 66.9. The predicted molar refractivity (Wildman–Crippen MR) is 475 cm³/mol. The van der Waals surface area contributed by atoms with Crippen LogP contribution in [0.1, 0.15) is 45.2 Å². The van der Waals surface area contributed by atoms with Crippen molar-refractivity contribution >= 4 is 146 Å². The molecule has 0 saturated heterocycles. The van der Waals surface area contributed by atoms with E-state index < -0.39 is 24.2 Å². The number of rotatable bonds is 14. The SMILES string of the molecule is Brc1cccc([Si](c2ccccc2)(c2ccccc2)c2ccccc2)c1.c1ccc([Si](c2ccccc2)(c2ccccc2)c2cccc(-n3c4ccccc4c4c5c(ccc43)C3c4ccccc4C5c4c3ccc3c4c4ccccc4n3-c3cccc([Si](c4ccccc4)(c4ccccc4)c4ccccc4)c3)c2)cc1. The van der Waals surface area contributed by atoms with E-state index >= 15 is 0 Å². The summed E-state index contributed by atoms with van der Waals surface area (Å²) in [6.45, 7) is 0. The fourth-order valence-electron chi connectivity index (χ4n) is 19.6. The number of nitrogens with zero attached hydrogens (tertiary/aromatic N) is 2. The molecule has 0 fully saturated rings. The Balaban J connectivity index is 0.000000257. The van der Waals surface area contributed by atoms with E-state index in [2.05, 4.69) is 468 Å². The molecular weight excluding hydrogens is 1440 g/mol. The third kappa shape index (κ3) is 10.5. The van der Waals surface area contributed by atoms with Crippen molar-refractivity contribution in [2.75, 3.05) is 0 Å². The van der Waals surface area contributed by atoms with Crippen LogP contribution in [0.15, 0.2) is 447 Å². The Hall–Kier alpha value is -12.5. The molecule has 19 aromatic rings. The largest absolute Gasteiger partial charge is 0.309 e. The molecule has 2 nitrogen and oxygen atoms in total. The van der Waals surface area contributed by atoms with Gasteiger partial charge in [0.05, 0.1) is 22.1 Å². The zero-order valence-corrected chi connectivity index (χ0v) is 65.2. The van der Waals surface area contributed by atoms with Crippen LogP contribution in [0.5, 0.6) is 0 Å². The van der Waals surface area contributed by atoms with E-state index in [0.717, 1.165) is 4.47 Å². The molecule has 22 rings (SSSR count). The number of fused-ring (bicyclic) bond motifs is 6. The molecular formula is C104H75BrN2Si3. The van der Waals surface area contributed by atoms with Crippen molar-refractivity contribution in [3.8, 4) is 11.4 Å². The first-order valence-corrected chi connectivity index (χ1v) is 45.0. The lowest BCUT2D eigenvalue weighted by Crippen LogP contribution is -2.74. The summed E-state index contributed by atoms with van der Waals surface area (Å²) >= 11 is 3.69. The van der Waals surface area contributed by atoms with E-state index in [0.29, 0.717) is 0 Å². The Kier molecular flexibility index (Phi) is 17.0. The number of hydrogen-bond acceptors (Lipinski definition) is 0. The Bertz CT molecular complexity index is 6010. The fraction of sp³-hybridized carbons (Fsp3) is 0.0192. The van der Waals surface area contributed by atoms with E-state index in [1.165, 1.54) is 151 Å². The molecule has 2 bridgehead atoms. The minimum atomic E-state index is -2.84. The highest BCUT2D eigenvalue weighted by Gasteiger charge is 2.47. The van der Waals surface area contributed by atoms with E-state index in [9.17, 15) is 0 Å². The van der Waals surface area contributed by atoms with E-state index in [1.807, 2.05) is 0 Å². The van der Waals surface area contributed by atoms with Crippen LogP contribution >= 0.6 is 15.9 Å². The number of halogens is 1. The third-order valence-corrected chi connectivity index (χ3v) is 38.7. The molecule has 0 saturated carbocycles. The highest BCUT2D eigenvalue weighted by molar-refractivity contribution is 9.10. The fourth-order valence-corrected chi connectivity index (χ4v) is 34.5. The van der Waals surface area contributed by atoms with Gasteiger partial charge in [0.1, 0.15) is 0 Å². The maximum absolute atomic E-state index is 3.69. The summed E-state index contributed by atoms with van der Waals surface area (Å²) < 4.78 is 6.27. The Morgan fingerprint density at radius 3 is 0.755 bits per heavy atom. The van der Waals surface area contributed by atoms with Crippen molar-refractivity contribution in [1.29, 1.82) is 0 Å². The topological polar surface area (TPSA) is 9.86 Å². The van der Waals surface area contributed by atoms with Gasteiger partial charge in [-0.1, -0.05) is 398 Å². The predicted octanol–water partition coefficient (Wildman–Crippen LogP) is 17.4. The molecule has 0 spiro atoms. The lowest BCUT2D eigenvalue weighted by Gasteiger charge is -2.43. The van der Waals surface area contributed by atoms with Gasteiger partial charge in [-0.15, -0.1) is 0 Å². The maximum atomic E-state index is 3.69. The summed E-state index contributed by atoms with van der Waals surface area (Å²) in [5.41, 5.74) is 15.8. The number of aromatic nitrogens is 2. The number of benzene rings is 17. The van der Waals surface area contributed by atoms with Crippen LogP contribution in [-0.2, 0) is 0 Å². The van der Waals surface area contributed by atoms with Crippen molar-refractivity contribution < 1.29 is 0 Å².